The molecule has 0 fully saturated rings. The molecule has 0 radical (unpaired) electrons. The molecule has 8 heteroatoms. The highest BCUT2D eigenvalue weighted by Gasteiger charge is 2.27. The number of nitrogens with zero attached hydrogens (tertiary/aromatic N) is 5. The van der Waals surface area contributed by atoms with Crippen molar-refractivity contribution in [1.29, 1.82) is 0 Å². The third-order valence-electron chi connectivity index (χ3n) is 4.25. The molecule has 1 aliphatic heterocycles. The monoisotopic (exact) mass is 386 g/mol. The van der Waals surface area contributed by atoms with Crippen molar-refractivity contribution >= 4 is 38.7 Å². The minimum absolute atomic E-state index is 0.0508. The van der Waals surface area contributed by atoms with Gasteiger partial charge in [-0.25, -0.2) is 9.97 Å². The molecule has 0 atom stereocenters. The summed E-state index contributed by atoms with van der Waals surface area (Å²) in [4.78, 5) is 23.1. The van der Waals surface area contributed by atoms with Gasteiger partial charge < -0.3 is 10.6 Å². The molecule has 24 heavy (non-hydrogen) atoms. The smallest absolute Gasteiger partial charge is 0.273 e. The second-order valence-corrected chi connectivity index (χ2v) is 6.73. The molecule has 0 spiro atoms. The van der Waals surface area contributed by atoms with Crippen LogP contribution >= 0.6 is 15.9 Å². The highest BCUT2D eigenvalue weighted by Crippen LogP contribution is 2.25. The molecule has 1 amide bonds. The molecule has 2 aromatic heterocycles. The Labute approximate surface area is 146 Å². The van der Waals surface area contributed by atoms with Crippen LogP contribution in [0.3, 0.4) is 0 Å². The molecule has 0 unspecified atom stereocenters. The minimum atomic E-state index is -0.0508. The van der Waals surface area contributed by atoms with Gasteiger partial charge in [0.25, 0.3) is 5.91 Å². The van der Waals surface area contributed by atoms with Gasteiger partial charge in [-0.1, -0.05) is 15.9 Å². The summed E-state index contributed by atoms with van der Waals surface area (Å²) in [6.45, 7) is 1.06. The predicted molar refractivity (Wildman–Crippen MR) is 93.3 cm³/mol. The van der Waals surface area contributed by atoms with Crippen molar-refractivity contribution in [1.82, 2.24) is 24.6 Å². The maximum absolute atomic E-state index is 13.1. The number of halogens is 1. The Kier molecular flexibility index (Phi) is 3.49. The van der Waals surface area contributed by atoms with E-state index in [1.807, 2.05) is 18.2 Å². The van der Waals surface area contributed by atoms with Gasteiger partial charge in [0.2, 0.25) is 5.95 Å². The van der Waals surface area contributed by atoms with Crippen molar-refractivity contribution in [3.05, 3.63) is 45.8 Å². The Morgan fingerprint density at radius 1 is 1.38 bits per heavy atom. The number of rotatable bonds is 1. The number of fused-ring (bicyclic) bond motifs is 2. The molecule has 4 rings (SSSR count). The van der Waals surface area contributed by atoms with E-state index in [2.05, 4.69) is 31.0 Å². The third kappa shape index (κ3) is 2.43. The average Bonchev–Trinajstić information content (AvgIpc) is 2.88. The molecule has 0 bridgehead atoms. The van der Waals surface area contributed by atoms with Gasteiger partial charge in [-0.3, -0.25) is 9.48 Å². The summed E-state index contributed by atoms with van der Waals surface area (Å²) in [5.41, 5.74) is 8.91. The van der Waals surface area contributed by atoms with Crippen molar-refractivity contribution in [3.8, 4) is 0 Å². The van der Waals surface area contributed by atoms with Gasteiger partial charge in [0, 0.05) is 29.6 Å². The number of nitrogen functional groups attached to an aromatic ring is 1. The second-order valence-electron chi connectivity index (χ2n) is 5.81. The van der Waals surface area contributed by atoms with Crippen molar-refractivity contribution in [2.45, 2.75) is 13.0 Å². The molecule has 1 aliphatic rings. The first kappa shape index (κ1) is 15.1. The second kappa shape index (κ2) is 5.55. The number of carbonyl (C=O) groups is 1. The lowest BCUT2D eigenvalue weighted by atomic mass is 10.1. The van der Waals surface area contributed by atoms with Gasteiger partial charge in [0.05, 0.1) is 17.8 Å². The van der Waals surface area contributed by atoms with Gasteiger partial charge in [0.15, 0.2) is 0 Å². The zero-order chi connectivity index (χ0) is 16.8. The average molecular weight is 387 g/mol. The van der Waals surface area contributed by atoms with E-state index in [0.29, 0.717) is 18.8 Å². The van der Waals surface area contributed by atoms with Crippen molar-refractivity contribution in [3.63, 3.8) is 0 Å². The fourth-order valence-corrected chi connectivity index (χ4v) is 3.42. The normalized spacial score (nSPS) is 14.0. The van der Waals surface area contributed by atoms with E-state index in [9.17, 15) is 4.79 Å². The lowest BCUT2D eigenvalue weighted by Crippen LogP contribution is -2.37. The van der Waals surface area contributed by atoms with Crippen LogP contribution in [-0.2, 0) is 20.0 Å². The number of aromatic nitrogens is 4. The van der Waals surface area contributed by atoms with Crippen LogP contribution in [0.1, 0.15) is 21.7 Å². The van der Waals surface area contributed by atoms with E-state index in [1.54, 1.807) is 22.8 Å². The van der Waals surface area contributed by atoms with E-state index in [4.69, 9.17) is 5.73 Å². The lowest BCUT2D eigenvalue weighted by molar-refractivity contribution is 0.0722. The summed E-state index contributed by atoms with van der Waals surface area (Å²) < 4.78 is 2.58. The number of hydrogen-bond donors (Lipinski definition) is 1. The molecule has 3 aromatic rings. The molecule has 0 saturated carbocycles. The van der Waals surface area contributed by atoms with Gasteiger partial charge in [-0.05, 0) is 30.2 Å². The van der Waals surface area contributed by atoms with Crippen LogP contribution in [0.5, 0.6) is 0 Å². The van der Waals surface area contributed by atoms with Gasteiger partial charge in [0.1, 0.15) is 5.69 Å². The predicted octanol–water partition coefficient (Wildman–Crippen LogP) is 1.91. The fraction of sp³-hybridized carbons (Fsp3) is 0.250. The molecule has 0 aliphatic carbocycles. The summed E-state index contributed by atoms with van der Waals surface area (Å²) in [7, 11) is 1.79. The fourth-order valence-electron chi connectivity index (χ4n) is 3.07. The molecule has 0 saturated heterocycles. The van der Waals surface area contributed by atoms with Crippen LogP contribution in [0.25, 0.3) is 10.9 Å². The number of aryl methyl sites for hydroxylation is 1. The summed E-state index contributed by atoms with van der Waals surface area (Å²) >= 11 is 3.43. The van der Waals surface area contributed by atoms with E-state index in [1.165, 1.54) is 0 Å². The van der Waals surface area contributed by atoms with Crippen LogP contribution in [0.2, 0.25) is 0 Å². The third-order valence-corrected chi connectivity index (χ3v) is 4.74. The highest BCUT2D eigenvalue weighted by atomic mass is 79.9. The molecular formula is C16H15BrN6O. The number of nitrogens with two attached hydrogens (primary N) is 1. The zero-order valence-electron chi connectivity index (χ0n) is 13.0. The van der Waals surface area contributed by atoms with Crippen LogP contribution in [0, 0.1) is 0 Å². The first-order valence-electron chi connectivity index (χ1n) is 7.55. The maximum atomic E-state index is 13.1. The lowest BCUT2D eigenvalue weighted by Gasteiger charge is -2.28. The Bertz CT molecular complexity index is 967. The largest absolute Gasteiger partial charge is 0.368 e. The number of carbonyl (C=O) groups excluding carboxylic acids is 1. The van der Waals surface area contributed by atoms with Gasteiger partial charge in [-0.15, -0.1) is 0 Å². The van der Waals surface area contributed by atoms with Gasteiger partial charge >= 0.3 is 0 Å². The van der Waals surface area contributed by atoms with E-state index in [-0.39, 0.29) is 11.9 Å². The molecule has 122 valence electrons. The quantitative estimate of drug-likeness (QED) is 0.689. The van der Waals surface area contributed by atoms with E-state index >= 15 is 0 Å². The Morgan fingerprint density at radius 2 is 2.21 bits per heavy atom. The summed E-state index contributed by atoms with van der Waals surface area (Å²) in [5, 5.41) is 5.29. The zero-order valence-corrected chi connectivity index (χ0v) is 14.6. The molecule has 3 heterocycles. The molecule has 7 nitrogen and oxygen atoms in total. The maximum Gasteiger partial charge on any atom is 0.273 e. The SMILES string of the molecule is Cn1nc2cc(Br)ccc2c1C(=O)N1CCc2cnc(N)nc2C1. The molecular weight excluding hydrogens is 372 g/mol. The van der Waals surface area contributed by atoms with Crippen LogP contribution < -0.4 is 5.73 Å². The molecule has 1 aromatic carbocycles. The van der Waals surface area contributed by atoms with E-state index < -0.39 is 0 Å². The first-order valence-corrected chi connectivity index (χ1v) is 8.34. The summed E-state index contributed by atoms with van der Waals surface area (Å²) in [6.07, 6.45) is 2.47. The number of benzene rings is 1. The minimum Gasteiger partial charge on any atom is -0.368 e. The van der Waals surface area contributed by atoms with Crippen molar-refractivity contribution in [2.24, 2.45) is 7.05 Å². The highest BCUT2D eigenvalue weighted by molar-refractivity contribution is 9.10. The van der Waals surface area contributed by atoms with Crippen LogP contribution in [-0.4, -0.2) is 37.1 Å². The van der Waals surface area contributed by atoms with Crippen LogP contribution in [0.4, 0.5) is 5.95 Å². The first-order chi connectivity index (χ1) is 11.5. The standard InChI is InChI=1S/C16H15BrN6O/c1-22-14(11-3-2-10(17)6-12(11)21-22)15(24)23-5-4-9-7-19-16(18)20-13(9)8-23/h2-3,6-7H,4-5,8H2,1H3,(H2,18,19,20). The van der Waals surface area contributed by atoms with Crippen LogP contribution in [0.15, 0.2) is 28.9 Å². The molecule has 2 N–H and O–H groups in total. The Hall–Kier alpha value is -2.48. The van der Waals surface area contributed by atoms with Crippen molar-refractivity contribution < 1.29 is 4.79 Å². The number of anilines is 1. The number of amides is 1. The van der Waals surface area contributed by atoms with E-state index in [0.717, 1.165) is 33.1 Å². The summed E-state index contributed by atoms with van der Waals surface area (Å²) in [6, 6.07) is 5.74. The van der Waals surface area contributed by atoms with Gasteiger partial charge in [-0.2, -0.15) is 5.10 Å². The topological polar surface area (TPSA) is 89.9 Å². The Balaban J connectivity index is 1.71. The summed E-state index contributed by atoms with van der Waals surface area (Å²) in [5.74, 6) is 0.184. The Morgan fingerprint density at radius 3 is 3.04 bits per heavy atom. The number of hydrogen-bond acceptors (Lipinski definition) is 5. The van der Waals surface area contributed by atoms with Crippen molar-refractivity contribution in [2.75, 3.05) is 12.3 Å².